The quantitative estimate of drug-likeness (QED) is 0.120. The largest absolute Gasteiger partial charge is 0.266 e. The molecule has 200 valence electrons. The predicted molar refractivity (Wildman–Crippen MR) is 179 cm³/mol. The van der Waals surface area contributed by atoms with Crippen LogP contribution in [0.1, 0.15) is 5.56 Å². The maximum Gasteiger partial charge on any atom is 0.209 e. The van der Waals surface area contributed by atoms with Gasteiger partial charge in [0, 0.05) is 5.56 Å². The number of amidine groups is 2. The summed E-state index contributed by atoms with van der Waals surface area (Å²) >= 11 is 6.11. The molecule has 0 aliphatic carbocycles. The van der Waals surface area contributed by atoms with Crippen molar-refractivity contribution in [1.29, 1.82) is 0 Å². The molecule has 0 spiro atoms. The number of hydrogen-bond donors (Lipinski definition) is 0. The number of rotatable bonds is 5. The molecule has 0 N–H and O–H groups in total. The van der Waals surface area contributed by atoms with E-state index in [1.807, 2.05) is 102 Å². The number of thiocarbonyl (C=S) groups is 1. The average Bonchev–Trinajstić information content (AvgIpc) is 3.29. The van der Waals surface area contributed by atoms with Crippen LogP contribution in [0.25, 0.3) is 21.5 Å². The van der Waals surface area contributed by atoms with Crippen molar-refractivity contribution in [3.8, 4) is 0 Å². The molecule has 1 fully saturated rings. The smallest absolute Gasteiger partial charge is 0.209 e. The van der Waals surface area contributed by atoms with Crippen LogP contribution in [0.4, 0.5) is 17.1 Å². The lowest BCUT2D eigenvalue weighted by atomic mass is 9.97. The standard InChI is InChI=1S/C36H25N5S/c42-36-40(30-20-8-3-9-21-30)34(38-28-16-4-1-5-17-28)35(39-29-18-6-2-7-19-29)41(36)37-25-33-31-22-12-10-14-26(31)24-27-15-11-13-23-32(27)33/h1-25H/b37-25+,38-34?,39-35?. The Kier molecular flexibility index (Phi) is 6.80. The van der Waals surface area contributed by atoms with E-state index in [2.05, 4.69) is 54.6 Å². The zero-order chi connectivity index (χ0) is 28.3. The van der Waals surface area contributed by atoms with Crippen LogP contribution < -0.4 is 4.90 Å². The Labute approximate surface area is 249 Å². The minimum Gasteiger partial charge on any atom is -0.266 e. The fourth-order valence-electron chi connectivity index (χ4n) is 5.13. The van der Waals surface area contributed by atoms with E-state index in [1.54, 1.807) is 5.01 Å². The highest BCUT2D eigenvalue weighted by Crippen LogP contribution is 2.30. The van der Waals surface area contributed by atoms with Gasteiger partial charge in [0.05, 0.1) is 23.3 Å². The zero-order valence-corrected chi connectivity index (χ0v) is 23.4. The van der Waals surface area contributed by atoms with Crippen LogP contribution in [0.5, 0.6) is 0 Å². The van der Waals surface area contributed by atoms with Gasteiger partial charge in [-0.15, -0.1) is 0 Å². The second-order valence-corrected chi connectivity index (χ2v) is 10.1. The molecule has 1 aliphatic rings. The van der Waals surface area contributed by atoms with Crippen LogP contribution in [0, 0.1) is 0 Å². The number of benzene rings is 6. The number of fused-ring (bicyclic) bond motifs is 2. The van der Waals surface area contributed by atoms with E-state index in [0.29, 0.717) is 16.8 Å². The van der Waals surface area contributed by atoms with E-state index in [-0.39, 0.29) is 0 Å². The fraction of sp³-hybridized carbons (Fsp3) is 0. The van der Waals surface area contributed by atoms with Gasteiger partial charge in [0.15, 0.2) is 5.84 Å². The van der Waals surface area contributed by atoms with E-state index in [1.165, 1.54) is 0 Å². The van der Waals surface area contributed by atoms with E-state index in [9.17, 15) is 0 Å². The Hall–Kier alpha value is -5.46. The third-order valence-corrected chi connectivity index (χ3v) is 7.45. The Balaban J connectivity index is 1.44. The highest BCUT2D eigenvalue weighted by Gasteiger charge is 2.39. The molecule has 0 bridgehead atoms. The average molecular weight is 560 g/mol. The van der Waals surface area contributed by atoms with Crippen LogP contribution >= 0.6 is 12.2 Å². The first-order chi connectivity index (χ1) is 20.8. The van der Waals surface area contributed by atoms with Crippen molar-refractivity contribution in [2.24, 2.45) is 15.1 Å². The lowest BCUT2D eigenvalue weighted by Crippen LogP contribution is -2.31. The first kappa shape index (κ1) is 25.5. The molecular formula is C36H25N5S. The Morgan fingerprint density at radius 3 is 1.57 bits per heavy atom. The molecule has 5 nitrogen and oxygen atoms in total. The molecule has 0 unspecified atom stereocenters. The van der Waals surface area contributed by atoms with Crippen molar-refractivity contribution in [2.45, 2.75) is 0 Å². The molecule has 6 aromatic rings. The number of para-hydroxylation sites is 3. The number of aliphatic imine (C=N–C) groups is 2. The third-order valence-electron chi connectivity index (χ3n) is 7.10. The van der Waals surface area contributed by atoms with E-state index < -0.39 is 0 Å². The van der Waals surface area contributed by atoms with Crippen molar-refractivity contribution >= 4 is 73.8 Å². The molecule has 0 radical (unpaired) electrons. The van der Waals surface area contributed by atoms with Crippen molar-refractivity contribution in [3.05, 3.63) is 151 Å². The molecule has 0 atom stereocenters. The molecule has 0 amide bonds. The topological polar surface area (TPSA) is 43.6 Å². The minimum atomic E-state index is 0.464. The highest BCUT2D eigenvalue weighted by molar-refractivity contribution is 7.80. The van der Waals surface area contributed by atoms with Crippen molar-refractivity contribution in [3.63, 3.8) is 0 Å². The summed E-state index contributed by atoms with van der Waals surface area (Å²) in [4.78, 5) is 12.0. The first-order valence-corrected chi connectivity index (χ1v) is 14.1. The highest BCUT2D eigenvalue weighted by atomic mass is 32.1. The van der Waals surface area contributed by atoms with Crippen molar-refractivity contribution < 1.29 is 0 Å². The van der Waals surface area contributed by atoms with Gasteiger partial charge >= 0.3 is 0 Å². The summed E-state index contributed by atoms with van der Waals surface area (Å²) in [6, 6.07) is 48.6. The third kappa shape index (κ3) is 4.85. The molecule has 7 rings (SSSR count). The minimum absolute atomic E-state index is 0.464. The zero-order valence-electron chi connectivity index (χ0n) is 22.6. The predicted octanol–water partition coefficient (Wildman–Crippen LogP) is 8.89. The number of hydrazone groups is 1. The van der Waals surface area contributed by atoms with Gasteiger partial charge in [-0.3, -0.25) is 4.90 Å². The van der Waals surface area contributed by atoms with Gasteiger partial charge in [-0.2, -0.15) is 10.1 Å². The lowest BCUT2D eigenvalue weighted by molar-refractivity contribution is 0.691. The molecule has 0 saturated carbocycles. The van der Waals surface area contributed by atoms with Gasteiger partial charge in [0.2, 0.25) is 10.9 Å². The number of nitrogens with zero attached hydrogens (tertiary/aromatic N) is 5. The van der Waals surface area contributed by atoms with Gasteiger partial charge in [0.25, 0.3) is 0 Å². The van der Waals surface area contributed by atoms with Crippen LogP contribution in [-0.4, -0.2) is 28.0 Å². The number of anilines is 1. The summed E-state index contributed by atoms with van der Waals surface area (Å²) in [5.41, 5.74) is 3.47. The Morgan fingerprint density at radius 2 is 1.00 bits per heavy atom. The van der Waals surface area contributed by atoms with Gasteiger partial charge in [-0.05, 0) is 76.2 Å². The lowest BCUT2D eigenvalue weighted by Gasteiger charge is -2.17. The SMILES string of the molecule is S=C1N(/N=C/c2c3ccccc3cc3ccccc23)C(=Nc2ccccc2)C(=Nc2ccccc2)N1c1ccccc1. The van der Waals surface area contributed by atoms with E-state index in [4.69, 9.17) is 27.3 Å². The van der Waals surface area contributed by atoms with Crippen LogP contribution in [0.3, 0.4) is 0 Å². The second kappa shape index (κ2) is 11.2. The summed E-state index contributed by atoms with van der Waals surface area (Å²) in [5, 5.41) is 11.7. The second-order valence-electron chi connectivity index (χ2n) is 9.78. The maximum absolute atomic E-state index is 6.11. The summed E-state index contributed by atoms with van der Waals surface area (Å²) in [6.07, 6.45) is 1.89. The van der Waals surface area contributed by atoms with Crippen LogP contribution in [0.15, 0.2) is 161 Å². The molecule has 0 aromatic heterocycles. The normalized spacial score (nSPS) is 15.6. The Morgan fingerprint density at radius 1 is 0.524 bits per heavy atom. The molecule has 6 heteroatoms. The van der Waals surface area contributed by atoms with Crippen molar-refractivity contribution in [1.82, 2.24) is 5.01 Å². The molecule has 42 heavy (non-hydrogen) atoms. The maximum atomic E-state index is 6.11. The van der Waals surface area contributed by atoms with E-state index >= 15 is 0 Å². The fourth-order valence-corrected chi connectivity index (χ4v) is 5.46. The molecule has 6 aromatic carbocycles. The van der Waals surface area contributed by atoms with Crippen LogP contribution in [-0.2, 0) is 0 Å². The van der Waals surface area contributed by atoms with E-state index in [0.717, 1.165) is 44.2 Å². The monoisotopic (exact) mass is 559 g/mol. The van der Waals surface area contributed by atoms with Gasteiger partial charge in [0.1, 0.15) is 0 Å². The molecule has 1 saturated heterocycles. The summed E-state index contributed by atoms with van der Waals surface area (Å²) in [7, 11) is 0. The molecule has 1 aliphatic heterocycles. The van der Waals surface area contributed by atoms with Crippen molar-refractivity contribution in [2.75, 3.05) is 4.90 Å². The molecule has 1 heterocycles. The van der Waals surface area contributed by atoms with Gasteiger partial charge in [-0.25, -0.2) is 9.98 Å². The van der Waals surface area contributed by atoms with Gasteiger partial charge in [-0.1, -0.05) is 103 Å². The summed E-state index contributed by atoms with van der Waals surface area (Å²) in [6.45, 7) is 0. The summed E-state index contributed by atoms with van der Waals surface area (Å²) in [5.74, 6) is 1.14. The molecular weight excluding hydrogens is 534 g/mol. The van der Waals surface area contributed by atoms with Gasteiger partial charge < -0.3 is 0 Å². The first-order valence-electron chi connectivity index (χ1n) is 13.7. The summed E-state index contributed by atoms with van der Waals surface area (Å²) < 4.78 is 0. The number of hydrogen-bond acceptors (Lipinski definition) is 4. The Bertz CT molecular complexity index is 1950. The van der Waals surface area contributed by atoms with Crippen LogP contribution in [0.2, 0.25) is 0 Å².